The molecule has 18 heavy (non-hydrogen) atoms. The van der Waals surface area contributed by atoms with Gasteiger partial charge in [-0.2, -0.15) is 0 Å². The van der Waals surface area contributed by atoms with Crippen LogP contribution in [-0.2, 0) is 5.41 Å². The SMILES string of the molecule is NCC1(c2ccc(-c3ccccc3)cn2)CCC1. The fraction of sp³-hybridized carbons (Fsp3) is 0.312. The van der Waals surface area contributed by atoms with Crippen molar-refractivity contribution < 1.29 is 0 Å². The average molecular weight is 238 g/mol. The fourth-order valence-corrected chi connectivity index (χ4v) is 2.68. The van der Waals surface area contributed by atoms with Crippen molar-refractivity contribution in [2.75, 3.05) is 6.54 Å². The Kier molecular flexibility index (Phi) is 2.88. The summed E-state index contributed by atoms with van der Waals surface area (Å²) in [5, 5.41) is 0. The largest absolute Gasteiger partial charge is 0.330 e. The van der Waals surface area contributed by atoms with E-state index in [9.17, 15) is 0 Å². The Bertz CT molecular complexity index is 507. The van der Waals surface area contributed by atoms with Crippen molar-refractivity contribution in [2.24, 2.45) is 5.73 Å². The van der Waals surface area contributed by atoms with Crippen molar-refractivity contribution in [3.63, 3.8) is 0 Å². The fourth-order valence-electron chi connectivity index (χ4n) is 2.68. The molecule has 2 N–H and O–H groups in total. The monoisotopic (exact) mass is 238 g/mol. The molecule has 1 aromatic carbocycles. The Morgan fingerprint density at radius 1 is 1.00 bits per heavy atom. The van der Waals surface area contributed by atoms with Gasteiger partial charge in [0.1, 0.15) is 0 Å². The molecule has 1 aromatic heterocycles. The maximum absolute atomic E-state index is 5.91. The molecule has 2 nitrogen and oxygen atoms in total. The van der Waals surface area contributed by atoms with Gasteiger partial charge in [-0.15, -0.1) is 0 Å². The molecule has 0 saturated heterocycles. The molecule has 1 aliphatic carbocycles. The van der Waals surface area contributed by atoms with E-state index in [0.717, 1.165) is 5.69 Å². The average Bonchev–Trinajstić information content (AvgIpc) is 2.40. The van der Waals surface area contributed by atoms with E-state index < -0.39 is 0 Å². The van der Waals surface area contributed by atoms with Crippen LogP contribution in [0.15, 0.2) is 48.7 Å². The predicted molar refractivity (Wildman–Crippen MR) is 74.3 cm³/mol. The molecule has 2 heteroatoms. The second-order valence-electron chi connectivity index (χ2n) is 5.14. The van der Waals surface area contributed by atoms with E-state index in [1.807, 2.05) is 12.3 Å². The van der Waals surface area contributed by atoms with E-state index in [-0.39, 0.29) is 5.41 Å². The number of nitrogens with two attached hydrogens (primary N) is 1. The van der Waals surface area contributed by atoms with Crippen molar-refractivity contribution in [2.45, 2.75) is 24.7 Å². The lowest BCUT2D eigenvalue weighted by atomic mass is 9.66. The molecular weight excluding hydrogens is 220 g/mol. The standard InChI is InChI=1S/C16H18N2/c17-12-16(9-4-10-16)15-8-7-14(11-18-15)13-5-2-1-3-6-13/h1-3,5-8,11H,4,9-10,12,17H2. The number of hydrogen-bond acceptors (Lipinski definition) is 2. The number of hydrogen-bond donors (Lipinski definition) is 1. The molecule has 0 spiro atoms. The summed E-state index contributed by atoms with van der Waals surface area (Å²) in [6.07, 6.45) is 5.61. The Labute approximate surface area is 108 Å². The molecule has 3 rings (SSSR count). The molecule has 92 valence electrons. The summed E-state index contributed by atoms with van der Waals surface area (Å²) in [7, 11) is 0. The van der Waals surface area contributed by atoms with E-state index in [4.69, 9.17) is 5.73 Å². The third kappa shape index (κ3) is 1.83. The highest BCUT2D eigenvalue weighted by molar-refractivity contribution is 5.62. The lowest BCUT2D eigenvalue weighted by molar-refractivity contribution is 0.246. The number of pyridine rings is 1. The van der Waals surface area contributed by atoms with Gasteiger partial charge < -0.3 is 5.73 Å². The van der Waals surface area contributed by atoms with Crippen LogP contribution in [-0.4, -0.2) is 11.5 Å². The van der Waals surface area contributed by atoms with E-state index in [1.54, 1.807) is 0 Å². The van der Waals surface area contributed by atoms with Crippen LogP contribution >= 0.6 is 0 Å². The first-order chi connectivity index (χ1) is 8.84. The van der Waals surface area contributed by atoms with E-state index in [1.165, 1.54) is 30.4 Å². The summed E-state index contributed by atoms with van der Waals surface area (Å²) in [6.45, 7) is 0.713. The van der Waals surface area contributed by atoms with Gasteiger partial charge in [0.15, 0.2) is 0 Å². The highest BCUT2D eigenvalue weighted by Gasteiger charge is 2.38. The summed E-state index contributed by atoms with van der Waals surface area (Å²) in [5.41, 5.74) is 9.62. The van der Waals surface area contributed by atoms with Crippen LogP contribution in [0.4, 0.5) is 0 Å². The predicted octanol–water partition coefficient (Wildman–Crippen LogP) is 3.13. The minimum absolute atomic E-state index is 0.162. The lowest BCUT2D eigenvalue weighted by Gasteiger charge is -2.40. The van der Waals surface area contributed by atoms with Crippen molar-refractivity contribution in [3.8, 4) is 11.1 Å². The molecule has 1 aliphatic rings. The minimum atomic E-state index is 0.162. The number of benzene rings is 1. The van der Waals surface area contributed by atoms with Crippen LogP contribution in [0.1, 0.15) is 25.0 Å². The molecule has 0 radical (unpaired) electrons. The van der Waals surface area contributed by atoms with Crippen molar-refractivity contribution in [1.29, 1.82) is 0 Å². The quantitative estimate of drug-likeness (QED) is 0.892. The molecule has 0 amide bonds. The van der Waals surface area contributed by atoms with Crippen molar-refractivity contribution in [1.82, 2.24) is 4.98 Å². The first-order valence-electron chi connectivity index (χ1n) is 6.56. The Hall–Kier alpha value is -1.67. The molecular formula is C16H18N2. The molecule has 1 saturated carbocycles. The Balaban J connectivity index is 1.90. The number of nitrogens with zero attached hydrogens (tertiary/aromatic N) is 1. The minimum Gasteiger partial charge on any atom is -0.330 e. The number of rotatable bonds is 3. The van der Waals surface area contributed by atoms with Gasteiger partial charge in [-0.05, 0) is 24.5 Å². The van der Waals surface area contributed by atoms with Crippen LogP contribution in [0, 0.1) is 0 Å². The van der Waals surface area contributed by atoms with E-state index >= 15 is 0 Å². The van der Waals surface area contributed by atoms with Crippen molar-refractivity contribution in [3.05, 3.63) is 54.4 Å². The molecule has 0 unspecified atom stereocenters. The van der Waals surface area contributed by atoms with Crippen LogP contribution in [0.25, 0.3) is 11.1 Å². The van der Waals surface area contributed by atoms with Crippen LogP contribution < -0.4 is 5.73 Å². The van der Waals surface area contributed by atoms with Crippen LogP contribution in [0.3, 0.4) is 0 Å². The van der Waals surface area contributed by atoms with Crippen LogP contribution in [0.2, 0.25) is 0 Å². The van der Waals surface area contributed by atoms with Gasteiger partial charge in [-0.3, -0.25) is 4.98 Å². The molecule has 2 aromatic rings. The first-order valence-corrected chi connectivity index (χ1v) is 6.56. The second-order valence-corrected chi connectivity index (χ2v) is 5.14. The summed E-state index contributed by atoms with van der Waals surface area (Å²) >= 11 is 0. The Morgan fingerprint density at radius 3 is 2.28 bits per heavy atom. The third-order valence-electron chi connectivity index (χ3n) is 4.12. The highest BCUT2D eigenvalue weighted by atomic mass is 14.8. The van der Waals surface area contributed by atoms with E-state index in [2.05, 4.69) is 41.4 Å². The first kappa shape index (κ1) is 11.4. The molecule has 0 bridgehead atoms. The number of aromatic nitrogens is 1. The molecule has 0 atom stereocenters. The topological polar surface area (TPSA) is 38.9 Å². The van der Waals surface area contributed by atoms with Gasteiger partial charge in [-0.25, -0.2) is 0 Å². The lowest BCUT2D eigenvalue weighted by Crippen LogP contribution is -2.42. The van der Waals surface area contributed by atoms with Gasteiger partial charge >= 0.3 is 0 Å². The summed E-state index contributed by atoms with van der Waals surface area (Å²) in [6, 6.07) is 14.7. The summed E-state index contributed by atoms with van der Waals surface area (Å²) in [4.78, 5) is 4.64. The summed E-state index contributed by atoms with van der Waals surface area (Å²) < 4.78 is 0. The van der Waals surface area contributed by atoms with Crippen LogP contribution in [0.5, 0.6) is 0 Å². The Morgan fingerprint density at radius 2 is 1.78 bits per heavy atom. The zero-order chi connectivity index (χ0) is 12.4. The maximum Gasteiger partial charge on any atom is 0.0478 e. The zero-order valence-electron chi connectivity index (χ0n) is 10.5. The van der Waals surface area contributed by atoms with Gasteiger partial charge in [0.05, 0.1) is 0 Å². The highest BCUT2D eigenvalue weighted by Crippen LogP contribution is 2.42. The van der Waals surface area contributed by atoms with Crippen molar-refractivity contribution >= 4 is 0 Å². The van der Waals surface area contributed by atoms with Gasteiger partial charge in [0, 0.05) is 29.4 Å². The van der Waals surface area contributed by atoms with E-state index in [0.29, 0.717) is 6.54 Å². The second kappa shape index (κ2) is 4.54. The maximum atomic E-state index is 5.91. The van der Waals surface area contributed by atoms with Gasteiger partial charge in [0.25, 0.3) is 0 Å². The van der Waals surface area contributed by atoms with Gasteiger partial charge in [-0.1, -0.05) is 42.8 Å². The molecule has 0 aliphatic heterocycles. The third-order valence-corrected chi connectivity index (χ3v) is 4.12. The summed E-state index contributed by atoms with van der Waals surface area (Å²) in [5.74, 6) is 0. The zero-order valence-corrected chi connectivity index (χ0v) is 10.5. The normalized spacial score (nSPS) is 17.2. The smallest absolute Gasteiger partial charge is 0.0478 e. The molecule has 1 heterocycles. The molecule has 1 fully saturated rings. The van der Waals surface area contributed by atoms with Gasteiger partial charge in [0.2, 0.25) is 0 Å².